The molecule has 1 aromatic heterocycles. The lowest BCUT2D eigenvalue weighted by Gasteiger charge is -2.31. The van der Waals surface area contributed by atoms with Gasteiger partial charge in [-0.2, -0.15) is 4.98 Å². The fourth-order valence-corrected chi connectivity index (χ4v) is 1.99. The first-order valence-electron chi connectivity index (χ1n) is 4.96. The Hall–Kier alpha value is -1.07. The van der Waals surface area contributed by atoms with Crippen LogP contribution in [0.15, 0.2) is 6.07 Å². The van der Waals surface area contributed by atoms with Crippen molar-refractivity contribution in [3.05, 3.63) is 11.2 Å². The molecule has 82 valence electrons. The maximum absolute atomic E-state index is 5.89. The first kappa shape index (κ1) is 10.4. The number of halogens is 1. The molecule has 15 heavy (non-hydrogen) atoms. The summed E-state index contributed by atoms with van der Waals surface area (Å²) in [4.78, 5) is 10.1. The molecular weight excluding hydrogens is 214 g/mol. The molecule has 2 heterocycles. The predicted octanol–water partition coefficient (Wildman–Crippen LogP) is 0.640. The molecule has 0 spiro atoms. The van der Waals surface area contributed by atoms with Crippen LogP contribution in [0.5, 0.6) is 0 Å². The van der Waals surface area contributed by atoms with E-state index in [9.17, 15) is 0 Å². The number of nitrogen functional groups attached to an aromatic ring is 1. The SMILES string of the molecule is Nc1nc(Cl)cc(N2CCC[C@H](N)C2)n1. The van der Waals surface area contributed by atoms with Crippen LogP contribution in [0.2, 0.25) is 5.15 Å². The van der Waals surface area contributed by atoms with E-state index >= 15 is 0 Å². The van der Waals surface area contributed by atoms with Crippen molar-refractivity contribution in [2.24, 2.45) is 5.73 Å². The van der Waals surface area contributed by atoms with Gasteiger partial charge in [0.15, 0.2) is 0 Å². The molecule has 2 rings (SSSR count). The number of nitrogens with two attached hydrogens (primary N) is 2. The Morgan fingerprint density at radius 2 is 2.27 bits per heavy atom. The smallest absolute Gasteiger partial charge is 0.223 e. The molecule has 4 N–H and O–H groups in total. The maximum Gasteiger partial charge on any atom is 0.223 e. The third-order valence-corrected chi connectivity index (χ3v) is 2.67. The normalized spacial score (nSPS) is 21.7. The highest BCUT2D eigenvalue weighted by atomic mass is 35.5. The molecule has 6 heteroatoms. The molecule has 1 aliphatic heterocycles. The van der Waals surface area contributed by atoms with Crippen LogP contribution in [0, 0.1) is 0 Å². The minimum absolute atomic E-state index is 0.203. The van der Waals surface area contributed by atoms with Crippen molar-refractivity contribution >= 4 is 23.4 Å². The molecule has 1 aliphatic rings. The van der Waals surface area contributed by atoms with Crippen LogP contribution in [-0.2, 0) is 0 Å². The lowest BCUT2D eigenvalue weighted by Crippen LogP contribution is -2.43. The second kappa shape index (κ2) is 4.20. The summed E-state index contributed by atoms with van der Waals surface area (Å²) < 4.78 is 0. The highest BCUT2D eigenvalue weighted by Gasteiger charge is 2.18. The van der Waals surface area contributed by atoms with Crippen LogP contribution in [0.4, 0.5) is 11.8 Å². The second-order valence-electron chi connectivity index (χ2n) is 3.76. The summed E-state index contributed by atoms with van der Waals surface area (Å²) in [6.45, 7) is 1.74. The third-order valence-electron chi connectivity index (χ3n) is 2.48. The lowest BCUT2D eigenvalue weighted by molar-refractivity contribution is 0.503. The van der Waals surface area contributed by atoms with Crippen LogP contribution in [-0.4, -0.2) is 29.1 Å². The highest BCUT2D eigenvalue weighted by Crippen LogP contribution is 2.20. The Bertz CT molecular complexity index is 336. The summed E-state index contributed by atoms with van der Waals surface area (Å²) in [5.74, 6) is 0.972. The molecule has 1 saturated heterocycles. The topological polar surface area (TPSA) is 81.1 Å². The number of aromatic nitrogens is 2. The summed E-state index contributed by atoms with van der Waals surface area (Å²) in [6, 6.07) is 1.92. The fourth-order valence-electron chi connectivity index (χ4n) is 1.80. The number of hydrogen-bond donors (Lipinski definition) is 2. The number of anilines is 2. The fraction of sp³-hybridized carbons (Fsp3) is 0.556. The van der Waals surface area contributed by atoms with Crippen LogP contribution < -0.4 is 16.4 Å². The largest absolute Gasteiger partial charge is 0.368 e. The van der Waals surface area contributed by atoms with Gasteiger partial charge in [-0.05, 0) is 12.8 Å². The van der Waals surface area contributed by atoms with E-state index in [1.54, 1.807) is 6.07 Å². The van der Waals surface area contributed by atoms with Crippen molar-refractivity contribution < 1.29 is 0 Å². The highest BCUT2D eigenvalue weighted by molar-refractivity contribution is 6.29. The van der Waals surface area contributed by atoms with E-state index in [0.29, 0.717) is 5.15 Å². The van der Waals surface area contributed by atoms with E-state index < -0.39 is 0 Å². The first-order valence-corrected chi connectivity index (χ1v) is 5.33. The van der Waals surface area contributed by atoms with Gasteiger partial charge in [0.05, 0.1) is 0 Å². The van der Waals surface area contributed by atoms with E-state index in [-0.39, 0.29) is 12.0 Å². The number of piperidine rings is 1. The van der Waals surface area contributed by atoms with Crippen molar-refractivity contribution in [2.75, 3.05) is 23.7 Å². The van der Waals surface area contributed by atoms with Gasteiger partial charge >= 0.3 is 0 Å². The molecule has 1 atom stereocenters. The number of rotatable bonds is 1. The van der Waals surface area contributed by atoms with Crippen LogP contribution >= 0.6 is 11.6 Å². The Morgan fingerprint density at radius 3 is 2.93 bits per heavy atom. The van der Waals surface area contributed by atoms with Gasteiger partial charge in [-0.1, -0.05) is 11.6 Å². The zero-order valence-corrected chi connectivity index (χ0v) is 9.11. The van der Waals surface area contributed by atoms with Crippen LogP contribution in [0.25, 0.3) is 0 Å². The molecule has 0 bridgehead atoms. The zero-order chi connectivity index (χ0) is 10.8. The van der Waals surface area contributed by atoms with Gasteiger partial charge in [-0.15, -0.1) is 0 Å². The Balaban J connectivity index is 2.20. The molecule has 0 aromatic carbocycles. The van der Waals surface area contributed by atoms with Gasteiger partial charge in [-0.3, -0.25) is 0 Å². The summed E-state index contributed by atoms with van der Waals surface area (Å²) in [6.07, 6.45) is 2.13. The molecule has 0 unspecified atom stereocenters. The minimum atomic E-state index is 0.203. The van der Waals surface area contributed by atoms with E-state index in [0.717, 1.165) is 31.7 Å². The predicted molar refractivity (Wildman–Crippen MR) is 60.9 cm³/mol. The van der Waals surface area contributed by atoms with Gasteiger partial charge in [-0.25, -0.2) is 4.98 Å². The van der Waals surface area contributed by atoms with Crippen LogP contribution in [0.3, 0.4) is 0 Å². The molecule has 5 nitrogen and oxygen atoms in total. The van der Waals surface area contributed by atoms with E-state index in [4.69, 9.17) is 23.1 Å². The van der Waals surface area contributed by atoms with E-state index in [1.807, 2.05) is 0 Å². The standard InChI is InChI=1S/C9H14ClN5/c10-7-4-8(14-9(12)13-7)15-3-1-2-6(11)5-15/h4,6H,1-3,5,11H2,(H2,12,13,14)/t6-/m0/s1. The van der Waals surface area contributed by atoms with Crippen molar-refractivity contribution in [3.8, 4) is 0 Å². The molecule has 0 aliphatic carbocycles. The third kappa shape index (κ3) is 2.49. The average Bonchev–Trinajstić information content (AvgIpc) is 2.16. The summed E-state index contributed by atoms with van der Waals surface area (Å²) in [7, 11) is 0. The summed E-state index contributed by atoms with van der Waals surface area (Å²) >= 11 is 5.82. The Morgan fingerprint density at radius 1 is 1.47 bits per heavy atom. The quantitative estimate of drug-likeness (QED) is 0.689. The average molecular weight is 228 g/mol. The molecule has 1 aromatic rings. The molecule has 1 fully saturated rings. The zero-order valence-electron chi connectivity index (χ0n) is 8.36. The van der Waals surface area contributed by atoms with Gasteiger partial charge in [0.2, 0.25) is 5.95 Å². The number of nitrogens with zero attached hydrogens (tertiary/aromatic N) is 3. The molecule has 0 amide bonds. The van der Waals surface area contributed by atoms with Gasteiger partial charge in [0, 0.05) is 25.2 Å². The van der Waals surface area contributed by atoms with Gasteiger partial charge in [0.1, 0.15) is 11.0 Å². The van der Waals surface area contributed by atoms with Crippen molar-refractivity contribution in [1.82, 2.24) is 9.97 Å². The Kier molecular flexibility index (Phi) is 2.93. The summed E-state index contributed by atoms with van der Waals surface area (Å²) in [5, 5.41) is 0.372. The van der Waals surface area contributed by atoms with Gasteiger partial charge < -0.3 is 16.4 Å². The van der Waals surface area contributed by atoms with Crippen LogP contribution in [0.1, 0.15) is 12.8 Å². The lowest BCUT2D eigenvalue weighted by atomic mass is 10.1. The minimum Gasteiger partial charge on any atom is -0.368 e. The van der Waals surface area contributed by atoms with E-state index in [1.165, 1.54) is 0 Å². The monoisotopic (exact) mass is 227 g/mol. The van der Waals surface area contributed by atoms with Crippen molar-refractivity contribution in [1.29, 1.82) is 0 Å². The molecule has 0 saturated carbocycles. The van der Waals surface area contributed by atoms with Crippen molar-refractivity contribution in [2.45, 2.75) is 18.9 Å². The first-order chi connectivity index (χ1) is 7.15. The van der Waals surface area contributed by atoms with Crippen molar-refractivity contribution in [3.63, 3.8) is 0 Å². The molecular formula is C9H14ClN5. The molecule has 0 radical (unpaired) electrons. The Labute approximate surface area is 93.4 Å². The van der Waals surface area contributed by atoms with Gasteiger partial charge in [0.25, 0.3) is 0 Å². The van der Waals surface area contributed by atoms with E-state index in [2.05, 4.69) is 14.9 Å². The summed E-state index contributed by atoms with van der Waals surface area (Å²) in [5.41, 5.74) is 11.4. The second-order valence-corrected chi connectivity index (χ2v) is 4.14. The number of hydrogen-bond acceptors (Lipinski definition) is 5. The maximum atomic E-state index is 5.89.